The van der Waals surface area contributed by atoms with Crippen molar-refractivity contribution in [1.29, 1.82) is 0 Å². The van der Waals surface area contributed by atoms with E-state index in [9.17, 15) is 5.11 Å². The lowest BCUT2D eigenvalue weighted by Gasteiger charge is -2.31. The molecule has 0 aromatic heterocycles. The van der Waals surface area contributed by atoms with E-state index in [2.05, 4.69) is 24.2 Å². The summed E-state index contributed by atoms with van der Waals surface area (Å²) in [6.45, 7) is 3.78. The fourth-order valence-corrected chi connectivity index (χ4v) is 3.25. The van der Waals surface area contributed by atoms with Crippen molar-refractivity contribution in [1.82, 2.24) is 10.2 Å². The average molecular weight is 254 g/mol. The normalized spacial score (nSPS) is 32.3. The minimum Gasteiger partial charge on any atom is -0.394 e. The van der Waals surface area contributed by atoms with E-state index in [1.807, 2.05) is 0 Å². The second-order valence-electron chi connectivity index (χ2n) is 6.44. The highest BCUT2D eigenvalue weighted by molar-refractivity contribution is 5.02. The van der Waals surface area contributed by atoms with E-state index in [-0.39, 0.29) is 5.54 Å². The molecule has 2 saturated carbocycles. The molecule has 2 fully saturated rings. The first kappa shape index (κ1) is 14.3. The van der Waals surface area contributed by atoms with Crippen LogP contribution in [0.15, 0.2) is 0 Å². The molecule has 2 atom stereocenters. The Labute approximate surface area is 112 Å². The van der Waals surface area contributed by atoms with Crippen molar-refractivity contribution in [3.05, 3.63) is 0 Å². The largest absolute Gasteiger partial charge is 0.394 e. The number of hydrogen-bond donors (Lipinski definition) is 2. The monoisotopic (exact) mass is 254 g/mol. The molecule has 2 aliphatic rings. The summed E-state index contributed by atoms with van der Waals surface area (Å²) in [7, 11) is 2.25. The highest BCUT2D eigenvalue weighted by atomic mass is 16.3. The minimum atomic E-state index is 0.0326. The van der Waals surface area contributed by atoms with Crippen LogP contribution < -0.4 is 5.32 Å². The molecule has 0 radical (unpaired) electrons. The molecule has 0 aromatic rings. The molecular formula is C15H30N2O. The Morgan fingerprint density at radius 3 is 2.67 bits per heavy atom. The lowest BCUT2D eigenvalue weighted by atomic mass is 9.98. The summed E-state index contributed by atoms with van der Waals surface area (Å²) in [4.78, 5) is 2.52. The van der Waals surface area contributed by atoms with Gasteiger partial charge in [-0.25, -0.2) is 0 Å². The Bertz CT molecular complexity index is 255. The summed E-state index contributed by atoms with van der Waals surface area (Å²) in [5, 5.41) is 13.4. The average Bonchev–Trinajstić information content (AvgIpc) is 3.07. The topological polar surface area (TPSA) is 35.5 Å². The number of aliphatic hydroxyl groups is 1. The second-order valence-corrected chi connectivity index (χ2v) is 6.44. The van der Waals surface area contributed by atoms with Crippen molar-refractivity contribution >= 4 is 0 Å². The fourth-order valence-electron chi connectivity index (χ4n) is 3.25. The summed E-state index contributed by atoms with van der Waals surface area (Å²) < 4.78 is 0. The van der Waals surface area contributed by atoms with Gasteiger partial charge in [-0.3, -0.25) is 0 Å². The van der Waals surface area contributed by atoms with Gasteiger partial charge in [0.1, 0.15) is 0 Å². The first-order valence-electron chi connectivity index (χ1n) is 7.78. The quantitative estimate of drug-likeness (QED) is 0.652. The molecule has 2 unspecified atom stereocenters. The van der Waals surface area contributed by atoms with E-state index in [1.165, 1.54) is 45.1 Å². The number of aliphatic hydroxyl groups excluding tert-OH is 1. The highest BCUT2D eigenvalue weighted by Gasteiger charge is 2.42. The van der Waals surface area contributed by atoms with Gasteiger partial charge in [-0.15, -0.1) is 0 Å². The third-order valence-electron chi connectivity index (χ3n) is 4.71. The summed E-state index contributed by atoms with van der Waals surface area (Å²) >= 11 is 0. The van der Waals surface area contributed by atoms with Crippen LogP contribution >= 0.6 is 0 Å². The van der Waals surface area contributed by atoms with E-state index in [0.717, 1.165) is 12.8 Å². The predicted octanol–water partition coefficient (Wildman–Crippen LogP) is 2.14. The van der Waals surface area contributed by atoms with Gasteiger partial charge in [0.15, 0.2) is 0 Å². The van der Waals surface area contributed by atoms with Gasteiger partial charge in [-0.05, 0) is 52.1 Å². The summed E-state index contributed by atoms with van der Waals surface area (Å²) in [6.07, 6.45) is 10.1. The Balaban J connectivity index is 1.77. The maximum absolute atomic E-state index is 9.73. The van der Waals surface area contributed by atoms with Gasteiger partial charge >= 0.3 is 0 Å². The maximum Gasteiger partial charge on any atom is 0.0614 e. The molecule has 3 heteroatoms. The van der Waals surface area contributed by atoms with Crippen molar-refractivity contribution in [3.63, 3.8) is 0 Å². The molecule has 0 amide bonds. The van der Waals surface area contributed by atoms with Crippen LogP contribution in [0.5, 0.6) is 0 Å². The standard InChI is InChI=1S/C15H30N2O/c1-3-4-5-10-17(2)14-8-9-15(11-14,12-18)16-13-6-7-13/h13-14,16,18H,3-12H2,1-2H3. The third kappa shape index (κ3) is 3.69. The van der Waals surface area contributed by atoms with Crippen LogP contribution in [-0.4, -0.2) is 47.8 Å². The first-order chi connectivity index (χ1) is 8.69. The summed E-state index contributed by atoms with van der Waals surface area (Å²) in [5.41, 5.74) is 0.0326. The van der Waals surface area contributed by atoms with E-state index >= 15 is 0 Å². The molecule has 0 spiro atoms. The number of unbranched alkanes of at least 4 members (excludes halogenated alkanes) is 2. The van der Waals surface area contributed by atoms with Crippen LogP contribution in [0.1, 0.15) is 58.3 Å². The van der Waals surface area contributed by atoms with Gasteiger partial charge in [-0.1, -0.05) is 19.8 Å². The Morgan fingerprint density at radius 2 is 2.06 bits per heavy atom. The van der Waals surface area contributed by atoms with Crippen molar-refractivity contribution in [2.24, 2.45) is 0 Å². The van der Waals surface area contributed by atoms with Gasteiger partial charge in [0.25, 0.3) is 0 Å². The molecule has 0 bridgehead atoms. The molecule has 0 saturated heterocycles. The van der Waals surface area contributed by atoms with Crippen molar-refractivity contribution in [3.8, 4) is 0 Å². The van der Waals surface area contributed by atoms with Crippen LogP contribution in [0.4, 0.5) is 0 Å². The zero-order chi connectivity index (χ0) is 13.0. The zero-order valence-electron chi connectivity index (χ0n) is 12.1. The molecule has 106 valence electrons. The zero-order valence-corrected chi connectivity index (χ0v) is 12.1. The van der Waals surface area contributed by atoms with E-state index in [1.54, 1.807) is 0 Å². The van der Waals surface area contributed by atoms with Crippen LogP contribution in [0, 0.1) is 0 Å². The molecule has 2 rings (SSSR count). The van der Waals surface area contributed by atoms with Gasteiger partial charge in [0, 0.05) is 17.6 Å². The summed E-state index contributed by atoms with van der Waals surface area (Å²) in [6, 6.07) is 1.36. The van der Waals surface area contributed by atoms with Crippen LogP contribution in [0.3, 0.4) is 0 Å². The van der Waals surface area contributed by atoms with Gasteiger partial charge < -0.3 is 15.3 Å². The van der Waals surface area contributed by atoms with Crippen LogP contribution in [0.25, 0.3) is 0 Å². The van der Waals surface area contributed by atoms with Crippen molar-refractivity contribution < 1.29 is 5.11 Å². The van der Waals surface area contributed by atoms with Crippen molar-refractivity contribution in [2.75, 3.05) is 20.2 Å². The number of nitrogens with zero attached hydrogens (tertiary/aromatic N) is 1. The van der Waals surface area contributed by atoms with E-state index < -0.39 is 0 Å². The molecule has 18 heavy (non-hydrogen) atoms. The number of rotatable bonds is 8. The number of hydrogen-bond acceptors (Lipinski definition) is 3. The minimum absolute atomic E-state index is 0.0326. The van der Waals surface area contributed by atoms with E-state index in [0.29, 0.717) is 18.7 Å². The second kappa shape index (κ2) is 6.36. The number of nitrogens with one attached hydrogen (secondary N) is 1. The highest BCUT2D eigenvalue weighted by Crippen LogP contribution is 2.35. The Morgan fingerprint density at radius 1 is 1.28 bits per heavy atom. The Hall–Kier alpha value is -0.120. The fraction of sp³-hybridized carbons (Fsp3) is 1.00. The van der Waals surface area contributed by atoms with Crippen LogP contribution in [-0.2, 0) is 0 Å². The van der Waals surface area contributed by atoms with Crippen LogP contribution in [0.2, 0.25) is 0 Å². The lowest BCUT2D eigenvalue weighted by molar-refractivity contribution is 0.148. The first-order valence-corrected chi connectivity index (χ1v) is 7.78. The maximum atomic E-state index is 9.73. The molecule has 0 aliphatic heterocycles. The SMILES string of the molecule is CCCCCN(C)C1CCC(CO)(NC2CC2)C1. The molecule has 3 nitrogen and oxygen atoms in total. The van der Waals surface area contributed by atoms with E-state index in [4.69, 9.17) is 0 Å². The predicted molar refractivity (Wildman–Crippen MR) is 75.8 cm³/mol. The summed E-state index contributed by atoms with van der Waals surface area (Å²) in [5.74, 6) is 0. The molecular weight excluding hydrogens is 224 g/mol. The molecule has 0 aromatic carbocycles. The third-order valence-corrected chi connectivity index (χ3v) is 4.71. The van der Waals surface area contributed by atoms with Gasteiger partial charge in [0.05, 0.1) is 6.61 Å². The van der Waals surface area contributed by atoms with Crippen molar-refractivity contribution in [2.45, 2.75) is 75.9 Å². The Kier molecular flexibility index (Phi) is 5.05. The van der Waals surface area contributed by atoms with Gasteiger partial charge in [0.2, 0.25) is 0 Å². The molecule has 0 heterocycles. The smallest absolute Gasteiger partial charge is 0.0614 e. The molecule has 2 aliphatic carbocycles. The van der Waals surface area contributed by atoms with Gasteiger partial charge in [-0.2, -0.15) is 0 Å². The molecule has 2 N–H and O–H groups in total. The lowest BCUT2D eigenvalue weighted by Crippen LogP contribution is -2.48.